The smallest absolute Gasteiger partial charge is 0.262 e. The predicted octanol–water partition coefficient (Wildman–Crippen LogP) is 2.68. The van der Waals surface area contributed by atoms with E-state index < -0.39 is 6.04 Å². The lowest BCUT2D eigenvalue weighted by atomic mass is 9.84. The maximum atomic E-state index is 12.3. The van der Waals surface area contributed by atoms with Gasteiger partial charge in [0.1, 0.15) is 6.04 Å². The van der Waals surface area contributed by atoms with Crippen LogP contribution in [0.25, 0.3) is 0 Å². The van der Waals surface area contributed by atoms with Crippen LogP contribution in [0.3, 0.4) is 0 Å². The second-order valence-corrected chi connectivity index (χ2v) is 8.16. The summed E-state index contributed by atoms with van der Waals surface area (Å²) in [5, 5.41) is 5.78. The summed E-state index contributed by atoms with van der Waals surface area (Å²) in [7, 11) is 0. The molecule has 1 heterocycles. The molecule has 5 nitrogen and oxygen atoms in total. The van der Waals surface area contributed by atoms with E-state index in [-0.39, 0.29) is 30.3 Å². The molecule has 1 aromatic rings. The Bertz CT molecular complexity index is 541. The number of halogens is 2. The molecule has 1 aliphatic carbocycles. The van der Waals surface area contributed by atoms with Crippen molar-refractivity contribution in [3.05, 3.63) is 20.8 Å². The fraction of sp³-hybridized carbons (Fsp3) is 0.600. The molecule has 3 atom stereocenters. The molecule has 1 aromatic heterocycles. The molecular weight excluding hydrogens is 402 g/mol. The van der Waals surface area contributed by atoms with Crippen molar-refractivity contribution >= 4 is 51.5 Å². The highest BCUT2D eigenvalue weighted by Gasteiger charge is 2.27. The minimum atomic E-state index is -0.561. The zero-order valence-corrected chi connectivity index (χ0v) is 16.2. The minimum absolute atomic E-state index is 0. The summed E-state index contributed by atoms with van der Waals surface area (Å²) in [6, 6.07) is 3.12. The summed E-state index contributed by atoms with van der Waals surface area (Å²) >= 11 is 4.67. The quantitative estimate of drug-likeness (QED) is 0.679. The third kappa shape index (κ3) is 5.74. The lowest BCUT2D eigenvalue weighted by Gasteiger charge is -2.32. The van der Waals surface area contributed by atoms with Crippen molar-refractivity contribution in [3.8, 4) is 0 Å². The molecule has 0 radical (unpaired) electrons. The third-order valence-corrected chi connectivity index (χ3v) is 5.70. The molecule has 23 heavy (non-hydrogen) atoms. The van der Waals surface area contributed by atoms with Gasteiger partial charge in [0.05, 0.1) is 8.66 Å². The van der Waals surface area contributed by atoms with E-state index in [1.54, 1.807) is 13.0 Å². The van der Waals surface area contributed by atoms with Crippen molar-refractivity contribution in [2.24, 2.45) is 11.7 Å². The van der Waals surface area contributed by atoms with Crippen molar-refractivity contribution in [2.75, 3.05) is 6.54 Å². The maximum absolute atomic E-state index is 12.3. The van der Waals surface area contributed by atoms with Crippen LogP contribution in [-0.4, -0.2) is 30.4 Å². The molecule has 0 spiro atoms. The van der Waals surface area contributed by atoms with E-state index in [2.05, 4.69) is 26.6 Å². The summed E-state index contributed by atoms with van der Waals surface area (Å²) in [6.45, 7) is 2.30. The Morgan fingerprint density at radius 3 is 2.70 bits per heavy atom. The second-order valence-electron chi connectivity index (χ2n) is 5.69. The number of nitrogens with two attached hydrogens (primary N) is 1. The lowest BCUT2D eigenvalue weighted by molar-refractivity contribution is -0.123. The van der Waals surface area contributed by atoms with Crippen LogP contribution < -0.4 is 16.4 Å². The van der Waals surface area contributed by atoms with Gasteiger partial charge in [0.25, 0.3) is 5.91 Å². The number of rotatable bonds is 5. The predicted molar refractivity (Wildman–Crippen MR) is 99.1 cm³/mol. The first-order valence-corrected chi connectivity index (χ1v) is 9.19. The minimum Gasteiger partial charge on any atom is -0.351 e. The summed E-state index contributed by atoms with van der Waals surface area (Å²) < 4.78 is 0.891. The van der Waals surface area contributed by atoms with E-state index in [9.17, 15) is 9.59 Å². The Morgan fingerprint density at radius 2 is 2.09 bits per heavy atom. The number of hydrogen-bond donors (Lipinski definition) is 3. The second kappa shape index (κ2) is 9.61. The normalized spacial score (nSPS) is 21.9. The molecule has 130 valence electrons. The van der Waals surface area contributed by atoms with Crippen LogP contribution in [0.1, 0.15) is 42.3 Å². The summed E-state index contributed by atoms with van der Waals surface area (Å²) in [5.74, 6) is -0.0273. The van der Waals surface area contributed by atoms with Crippen LogP contribution in [-0.2, 0) is 4.79 Å². The summed E-state index contributed by atoms with van der Waals surface area (Å²) in [6.07, 6.45) is 4.32. The Kier molecular flexibility index (Phi) is 8.53. The Labute approximate surface area is 155 Å². The molecule has 0 aromatic carbocycles. The van der Waals surface area contributed by atoms with Crippen LogP contribution in [0.15, 0.2) is 15.9 Å². The number of nitrogens with one attached hydrogen (secondary N) is 2. The van der Waals surface area contributed by atoms with E-state index in [0.717, 1.165) is 23.0 Å². The number of carbonyl (C=O) groups is 2. The third-order valence-electron chi connectivity index (χ3n) is 4.08. The molecule has 2 rings (SSSR count). The van der Waals surface area contributed by atoms with Crippen LogP contribution in [0.5, 0.6) is 0 Å². The average molecular weight is 425 g/mol. The molecular formula is C15H23BrClN3O2S. The van der Waals surface area contributed by atoms with Gasteiger partial charge in [-0.1, -0.05) is 12.8 Å². The van der Waals surface area contributed by atoms with Gasteiger partial charge in [0.15, 0.2) is 0 Å². The van der Waals surface area contributed by atoms with Crippen LogP contribution in [0.4, 0.5) is 0 Å². The fourth-order valence-electron chi connectivity index (χ4n) is 2.76. The number of amides is 2. The van der Waals surface area contributed by atoms with E-state index in [0.29, 0.717) is 17.3 Å². The molecule has 8 heteroatoms. The van der Waals surface area contributed by atoms with E-state index >= 15 is 0 Å². The molecule has 1 aliphatic rings. The van der Waals surface area contributed by atoms with Crippen molar-refractivity contribution in [1.29, 1.82) is 0 Å². The number of hydrogen-bond acceptors (Lipinski definition) is 4. The fourth-order valence-corrected chi connectivity index (χ4v) is 4.05. The van der Waals surface area contributed by atoms with Gasteiger partial charge >= 0.3 is 0 Å². The zero-order chi connectivity index (χ0) is 16.1. The molecule has 0 aliphatic heterocycles. The molecule has 2 amide bonds. The van der Waals surface area contributed by atoms with E-state index in [1.807, 2.05) is 6.07 Å². The first-order valence-electron chi connectivity index (χ1n) is 7.58. The molecule has 1 fully saturated rings. The Morgan fingerprint density at radius 1 is 1.39 bits per heavy atom. The standard InChI is InChI=1S/C15H22BrN3O2S.ClH/c1-9(18-15(21)12-6-7-13(16)22-12)14(20)19-11-5-3-2-4-10(11)8-17;/h6-7,9-11H,2-5,8,17H2,1H3,(H,18,21)(H,19,20);1H. The Balaban J connectivity index is 0.00000264. The summed E-state index contributed by atoms with van der Waals surface area (Å²) in [4.78, 5) is 24.9. The number of carbonyl (C=O) groups excluding carboxylic acids is 2. The van der Waals surface area contributed by atoms with Gasteiger partial charge in [-0.25, -0.2) is 0 Å². The molecule has 0 saturated heterocycles. The first-order chi connectivity index (χ1) is 10.5. The highest BCUT2D eigenvalue weighted by atomic mass is 79.9. The average Bonchev–Trinajstić information content (AvgIpc) is 2.94. The van der Waals surface area contributed by atoms with Crippen LogP contribution in [0.2, 0.25) is 0 Å². The summed E-state index contributed by atoms with van der Waals surface area (Å²) in [5.41, 5.74) is 5.78. The van der Waals surface area contributed by atoms with Crippen molar-refractivity contribution in [3.63, 3.8) is 0 Å². The van der Waals surface area contributed by atoms with E-state index in [4.69, 9.17) is 5.73 Å². The van der Waals surface area contributed by atoms with Gasteiger partial charge in [-0.15, -0.1) is 23.7 Å². The van der Waals surface area contributed by atoms with Crippen molar-refractivity contribution in [1.82, 2.24) is 10.6 Å². The highest BCUT2D eigenvalue weighted by Crippen LogP contribution is 2.24. The van der Waals surface area contributed by atoms with Crippen LogP contribution >= 0.6 is 39.7 Å². The van der Waals surface area contributed by atoms with Crippen molar-refractivity contribution < 1.29 is 9.59 Å². The molecule has 1 saturated carbocycles. The maximum Gasteiger partial charge on any atom is 0.262 e. The van der Waals surface area contributed by atoms with Crippen LogP contribution in [0, 0.1) is 5.92 Å². The molecule has 3 unspecified atom stereocenters. The topological polar surface area (TPSA) is 84.2 Å². The largest absolute Gasteiger partial charge is 0.351 e. The highest BCUT2D eigenvalue weighted by molar-refractivity contribution is 9.11. The molecule has 0 bridgehead atoms. The first kappa shape index (κ1) is 20.4. The monoisotopic (exact) mass is 423 g/mol. The zero-order valence-electron chi connectivity index (χ0n) is 13.0. The lowest BCUT2D eigenvalue weighted by Crippen LogP contribution is -2.51. The van der Waals surface area contributed by atoms with Gasteiger partial charge < -0.3 is 16.4 Å². The Hall–Kier alpha value is -0.630. The SMILES string of the molecule is CC(NC(=O)c1ccc(Br)s1)C(=O)NC1CCCCC1CN.Cl. The van der Waals surface area contributed by atoms with Crippen molar-refractivity contribution in [2.45, 2.75) is 44.7 Å². The van der Waals surface area contributed by atoms with Gasteiger partial charge in [-0.2, -0.15) is 0 Å². The van der Waals surface area contributed by atoms with Gasteiger partial charge in [0, 0.05) is 6.04 Å². The van der Waals surface area contributed by atoms with Gasteiger partial charge in [0.2, 0.25) is 5.91 Å². The van der Waals surface area contributed by atoms with Gasteiger partial charge in [-0.05, 0) is 60.3 Å². The van der Waals surface area contributed by atoms with Gasteiger partial charge in [-0.3, -0.25) is 9.59 Å². The number of thiophene rings is 1. The van der Waals surface area contributed by atoms with E-state index in [1.165, 1.54) is 17.8 Å². The molecule has 4 N–H and O–H groups in total.